The summed E-state index contributed by atoms with van der Waals surface area (Å²) >= 11 is 0. The van der Waals surface area contributed by atoms with Crippen LogP contribution in [0, 0.1) is 0 Å². The standard InChI is InChI=1S/C16H26N4O4/c1-4-24-16(22)15-13(10-18(2)17-15)11-19-6-5-7-20(9-8-19)12-14(21)23-3/h10H,4-9,11-12H2,1-3H3. The lowest BCUT2D eigenvalue weighted by molar-refractivity contribution is -0.141. The normalized spacial score (nSPS) is 16.6. The summed E-state index contributed by atoms with van der Waals surface area (Å²) < 4.78 is 11.4. The first kappa shape index (κ1) is 18.4. The fourth-order valence-electron chi connectivity index (χ4n) is 2.85. The molecule has 1 aromatic heterocycles. The van der Waals surface area contributed by atoms with Gasteiger partial charge in [0.05, 0.1) is 20.3 Å². The summed E-state index contributed by atoms with van der Waals surface area (Å²) in [6, 6.07) is 0. The molecule has 0 spiro atoms. The first-order chi connectivity index (χ1) is 11.5. The van der Waals surface area contributed by atoms with E-state index >= 15 is 0 Å². The molecule has 0 atom stereocenters. The number of ether oxygens (including phenoxy) is 2. The van der Waals surface area contributed by atoms with Crippen LogP contribution in [-0.4, -0.2) is 78.0 Å². The van der Waals surface area contributed by atoms with Crippen LogP contribution in [0.15, 0.2) is 6.20 Å². The highest BCUT2D eigenvalue weighted by molar-refractivity contribution is 5.88. The lowest BCUT2D eigenvalue weighted by Crippen LogP contribution is -2.34. The van der Waals surface area contributed by atoms with Gasteiger partial charge in [-0.25, -0.2) is 4.79 Å². The highest BCUT2D eigenvalue weighted by atomic mass is 16.5. The zero-order valence-corrected chi connectivity index (χ0v) is 14.7. The lowest BCUT2D eigenvalue weighted by atomic mass is 10.2. The van der Waals surface area contributed by atoms with Gasteiger partial charge in [-0.3, -0.25) is 19.3 Å². The van der Waals surface area contributed by atoms with Crippen molar-refractivity contribution in [3.8, 4) is 0 Å². The molecule has 0 unspecified atom stereocenters. The monoisotopic (exact) mass is 338 g/mol. The highest BCUT2D eigenvalue weighted by Gasteiger charge is 2.22. The van der Waals surface area contributed by atoms with E-state index in [1.807, 2.05) is 6.20 Å². The van der Waals surface area contributed by atoms with E-state index in [1.54, 1.807) is 18.7 Å². The van der Waals surface area contributed by atoms with E-state index in [9.17, 15) is 9.59 Å². The quantitative estimate of drug-likeness (QED) is 0.689. The molecule has 1 aromatic rings. The minimum absolute atomic E-state index is 0.208. The van der Waals surface area contributed by atoms with Gasteiger partial charge >= 0.3 is 11.9 Å². The summed E-state index contributed by atoms with van der Waals surface area (Å²) in [6.07, 6.45) is 2.83. The van der Waals surface area contributed by atoms with E-state index < -0.39 is 0 Å². The van der Waals surface area contributed by atoms with E-state index in [0.29, 0.717) is 25.4 Å². The van der Waals surface area contributed by atoms with Crippen LogP contribution in [0.25, 0.3) is 0 Å². The first-order valence-corrected chi connectivity index (χ1v) is 8.24. The number of esters is 2. The van der Waals surface area contributed by atoms with Crippen molar-refractivity contribution < 1.29 is 19.1 Å². The second-order valence-electron chi connectivity index (χ2n) is 5.88. The van der Waals surface area contributed by atoms with Crippen LogP contribution < -0.4 is 0 Å². The van der Waals surface area contributed by atoms with Gasteiger partial charge in [0.2, 0.25) is 0 Å². The van der Waals surface area contributed by atoms with Crippen LogP contribution in [0.5, 0.6) is 0 Å². The second kappa shape index (κ2) is 8.79. The number of rotatable bonds is 6. The molecule has 0 aliphatic carbocycles. The van der Waals surface area contributed by atoms with Gasteiger partial charge in [0.1, 0.15) is 0 Å². The molecule has 0 saturated carbocycles. The molecule has 0 amide bonds. The molecule has 8 nitrogen and oxygen atoms in total. The molecule has 1 saturated heterocycles. The van der Waals surface area contributed by atoms with Crippen LogP contribution in [0.3, 0.4) is 0 Å². The molecule has 134 valence electrons. The Bertz CT molecular complexity index is 572. The number of nitrogens with zero attached hydrogens (tertiary/aromatic N) is 4. The summed E-state index contributed by atoms with van der Waals surface area (Å²) in [4.78, 5) is 27.8. The molecule has 0 radical (unpaired) electrons. The van der Waals surface area contributed by atoms with Gasteiger partial charge in [-0.15, -0.1) is 0 Å². The smallest absolute Gasteiger partial charge is 0.359 e. The number of aromatic nitrogens is 2. The average molecular weight is 338 g/mol. The van der Waals surface area contributed by atoms with Gasteiger partial charge in [0, 0.05) is 45.0 Å². The molecule has 8 heteroatoms. The molecule has 2 heterocycles. The summed E-state index contributed by atoms with van der Waals surface area (Å²) in [6.45, 7) is 6.49. The van der Waals surface area contributed by atoms with Gasteiger partial charge < -0.3 is 9.47 Å². The van der Waals surface area contributed by atoms with Crippen LogP contribution in [-0.2, 0) is 27.9 Å². The molecule has 0 aromatic carbocycles. The van der Waals surface area contributed by atoms with E-state index in [0.717, 1.165) is 38.2 Å². The van der Waals surface area contributed by atoms with E-state index in [1.165, 1.54) is 7.11 Å². The minimum Gasteiger partial charge on any atom is -0.468 e. The topological polar surface area (TPSA) is 76.9 Å². The molecule has 1 fully saturated rings. The number of methoxy groups -OCH3 is 1. The largest absolute Gasteiger partial charge is 0.468 e. The molecular weight excluding hydrogens is 312 g/mol. The van der Waals surface area contributed by atoms with Gasteiger partial charge in [-0.05, 0) is 19.9 Å². The Morgan fingerprint density at radius 3 is 2.62 bits per heavy atom. The van der Waals surface area contributed by atoms with Crippen LogP contribution >= 0.6 is 0 Å². The van der Waals surface area contributed by atoms with E-state index in [2.05, 4.69) is 14.9 Å². The van der Waals surface area contributed by atoms with Crippen molar-refractivity contribution in [1.29, 1.82) is 0 Å². The van der Waals surface area contributed by atoms with Crippen LogP contribution in [0.1, 0.15) is 29.4 Å². The Hall–Kier alpha value is -1.93. The fraction of sp³-hybridized carbons (Fsp3) is 0.688. The molecule has 0 N–H and O–H groups in total. The zero-order chi connectivity index (χ0) is 17.5. The van der Waals surface area contributed by atoms with Crippen molar-refractivity contribution in [2.24, 2.45) is 7.05 Å². The Balaban J connectivity index is 1.97. The maximum Gasteiger partial charge on any atom is 0.359 e. The van der Waals surface area contributed by atoms with Crippen molar-refractivity contribution in [3.63, 3.8) is 0 Å². The van der Waals surface area contributed by atoms with Crippen molar-refractivity contribution in [2.45, 2.75) is 19.9 Å². The third kappa shape index (κ3) is 5.04. The lowest BCUT2D eigenvalue weighted by Gasteiger charge is -2.20. The Morgan fingerprint density at radius 1 is 1.21 bits per heavy atom. The van der Waals surface area contributed by atoms with Crippen LogP contribution in [0.4, 0.5) is 0 Å². The SMILES string of the molecule is CCOC(=O)c1nn(C)cc1CN1CCCN(CC(=O)OC)CC1. The van der Waals surface area contributed by atoms with E-state index in [4.69, 9.17) is 9.47 Å². The fourth-order valence-corrected chi connectivity index (χ4v) is 2.85. The van der Waals surface area contributed by atoms with Crippen molar-refractivity contribution in [1.82, 2.24) is 19.6 Å². The third-order valence-electron chi connectivity index (χ3n) is 4.03. The summed E-state index contributed by atoms with van der Waals surface area (Å²) in [5.41, 5.74) is 1.26. The maximum absolute atomic E-state index is 12.0. The predicted octanol–water partition coefficient (Wildman–Crippen LogP) is 0.278. The Labute approximate surface area is 142 Å². The Morgan fingerprint density at radius 2 is 1.92 bits per heavy atom. The number of hydrogen-bond acceptors (Lipinski definition) is 7. The summed E-state index contributed by atoms with van der Waals surface area (Å²) in [5, 5.41) is 4.23. The Kier molecular flexibility index (Phi) is 6.74. The summed E-state index contributed by atoms with van der Waals surface area (Å²) in [7, 11) is 3.21. The third-order valence-corrected chi connectivity index (χ3v) is 4.03. The van der Waals surface area contributed by atoms with Gasteiger partial charge in [-0.1, -0.05) is 0 Å². The minimum atomic E-state index is -0.379. The molecule has 24 heavy (non-hydrogen) atoms. The molecule has 0 bridgehead atoms. The van der Waals surface area contributed by atoms with Crippen molar-refractivity contribution in [2.75, 3.05) is 46.4 Å². The molecular formula is C16H26N4O4. The molecule has 1 aliphatic rings. The first-order valence-electron chi connectivity index (χ1n) is 8.24. The molecule has 1 aliphatic heterocycles. The number of hydrogen-bond donors (Lipinski definition) is 0. The number of carbonyl (C=O) groups excluding carboxylic acids is 2. The van der Waals surface area contributed by atoms with Crippen LogP contribution in [0.2, 0.25) is 0 Å². The zero-order valence-electron chi connectivity index (χ0n) is 14.7. The number of carbonyl (C=O) groups is 2. The maximum atomic E-state index is 12.0. The van der Waals surface area contributed by atoms with Gasteiger partial charge in [0.25, 0.3) is 0 Å². The molecule has 2 rings (SSSR count). The van der Waals surface area contributed by atoms with Gasteiger partial charge in [-0.2, -0.15) is 5.10 Å². The highest BCUT2D eigenvalue weighted by Crippen LogP contribution is 2.13. The van der Waals surface area contributed by atoms with Crippen molar-refractivity contribution in [3.05, 3.63) is 17.5 Å². The number of aryl methyl sites for hydroxylation is 1. The van der Waals surface area contributed by atoms with E-state index in [-0.39, 0.29) is 11.9 Å². The van der Waals surface area contributed by atoms with Crippen molar-refractivity contribution >= 4 is 11.9 Å². The average Bonchev–Trinajstić information content (AvgIpc) is 2.77. The van der Waals surface area contributed by atoms with Gasteiger partial charge in [0.15, 0.2) is 5.69 Å². The predicted molar refractivity (Wildman–Crippen MR) is 87.5 cm³/mol. The summed E-state index contributed by atoms with van der Waals surface area (Å²) in [5.74, 6) is -0.587. The second-order valence-corrected chi connectivity index (χ2v) is 5.88.